The van der Waals surface area contributed by atoms with Crippen molar-refractivity contribution in [2.24, 2.45) is 5.10 Å². The van der Waals surface area contributed by atoms with Crippen molar-refractivity contribution < 1.29 is 28.2 Å². The number of amides is 3. The van der Waals surface area contributed by atoms with Crippen LogP contribution in [0.3, 0.4) is 0 Å². The topological polar surface area (TPSA) is 118 Å². The van der Waals surface area contributed by atoms with Crippen molar-refractivity contribution in [2.75, 3.05) is 23.8 Å². The minimum atomic E-state index is -0.603. The second kappa shape index (κ2) is 13.6. The summed E-state index contributed by atoms with van der Waals surface area (Å²) in [7, 11) is 0. The molecule has 0 spiro atoms. The number of ether oxygens (including phenoxy) is 2. The lowest BCUT2D eigenvalue weighted by atomic mass is 10.2. The van der Waals surface area contributed by atoms with Gasteiger partial charge >= 0.3 is 0 Å². The fourth-order valence-corrected chi connectivity index (χ4v) is 3.11. The Morgan fingerprint density at radius 1 is 0.919 bits per heavy atom. The predicted octanol–water partition coefficient (Wildman–Crippen LogP) is 4.37. The van der Waals surface area contributed by atoms with Crippen molar-refractivity contribution in [1.29, 1.82) is 0 Å². The van der Waals surface area contributed by atoms with Crippen molar-refractivity contribution in [3.05, 3.63) is 83.1 Å². The Hall–Kier alpha value is -4.44. The summed E-state index contributed by atoms with van der Waals surface area (Å²) < 4.78 is 24.8. The van der Waals surface area contributed by atoms with Crippen LogP contribution in [-0.4, -0.2) is 37.1 Å². The minimum absolute atomic E-state index is 0.0530. The third-order valence-corrected chi connectivity index (χ3v) is 4.88. The van der Waals surface area contributed by atoms with Gasteiger partial charge in [0, 0.05) is 10.7 Å². The fraction of sp³-hybridized carbons (Fsp3) is 0.154. The van der Waals surface area contributed by atoms with E-state index >= 15 is 0 Å². The Morgan fingerprint density at radius 2 is 1.68 bits per heavy atom. The third kappa shape index (κ3) is 8.93. The van der Waals surface area contributed by atoms with E-state index < -0.39 is 30.0 Å². The number of benzene rings is 3. The average molecular weight is 527 g/mol. The van der Waals surface area contributed by atoms with Gasteiger partial charge in [-0.1, -0.05) is 23.7 Å². The lowest BCUT2D eigenvalue weighted by molar-refractivity contribution is -0.126. The van der Waals surface area contributed by atoms with E-state index in [1.165, 1.54) is 24.4 Å². The lowest BCUT2D eigenvalue weighted by Gasteiger charge is -2.13. The fourth-order valence-electron chi connectivity index (χ4n) is 2.99. The maximum absolute atomic E-state index is 13.7. The molecule has 3 aromatic rings. The first-order valence-electron chi connectivity index (χ1n) is 11.2. The van der Waals surface area contributed by atoms with Crippen LogP contribution in [-0.2, 0) is 14.4 Å². The molecule has 37 heavy (non-hydrogen) atoms. The van der Waals surface area contributed by atoms with Crippen LogP contribution < -0.4 is 25.5 Å². The van der Waals surface area contributed by atoms with E-state index in [0.717, 1.165) is 0 Å². The highest BCUT2D eigenvalue weighted by atomic mass is 35.5. The van der Waals surface area contributed by atoms with E-state index in [0.29, 0.717) is 34.4 Å². The van der Waals surface area contributed by atoms with Crippen LogP contribution in [0, 0.1) is 5.82 Å². The number of rotatable bonds is 11. The standard InChI is InChI=1S/C26H24ClFN4O5/c1-2-36-23-13-17(7-12-22(23)37-16-26(35)31-21-6-4-3-5-20(21)28)15-29-32-25(34)14-24(33)30-19-10-8-18(27)9-11-19/h3-13,15H,2,14,16H2,1H3,(H,30,33)(H,31,35)(H,32,34). The Labute approximate surface area is 217 Å². The highest BCUT2D eigenvalue weighted by molar-refractivity contribution is 6.30. The summed E-state index contributed by atoms with van der Waals surface area (Å²) >= 11 is 5.80. The number of carbonyl (C=O) groups excluding carboxylic acids is 3. The maximum atomic E-state index is 13.7. The van der Waals surface area contributed by atoms with E-state index in [1.54, 1.807) is 55.5 Å². The van der Waals surface area contributed by atoms with Crippen LogP contribution in [0.5, 0.6) is 11.5 Å². The van der Waals surface area contributed by atoms with Crippen LogP contribution in [0.15, 0.2) is 71.8 Å². The average Bonchev–Trinajstić information content (AvgIpc) is 2.86. The Bertz CT molecular complexity index is 1280. The Morgan fingerprint density at radius 3 is 2.41 bits per heavy atom. The molecule has 0 radical (unpaired) electrons. The van der Waals surface area contributed by atoms with Crippen molar-refractivity contribution >= 4 is 46.9 Å². The zero-order valence-electron chi connectivity index (χ0n) is 19.8. The first-order chi connectivity index (χ1) is 17.8. The summed E-state index contributed by atoms with van der Waals surface area (Å²) in [4.78, 5) is 36.1. The highest BCUT2D eigenvalue weighted by Crippen LogP contribution is 2.28. The lowest BCUT2D eigenvalue weighted by Crippen LogP contribution is -2.24. The largest absolute Gasteiger partial charge is 0.490 e. The summed E-state index contributed by atoms with van der Waals surface area (Å²) in [5, 5.41) is 9.41. The van der Waals surface area contributed by atoms with Crippen molar-refractivity contribution in [1.82, 2.24) is 5.43 Å². The molecule has 0 fully saturated rings. The number of hydrazone groups is 1. The molecular weight excluding hydrogens is 503 g/mol. The molecule has 0 aliphatic rings. The summed E-state index contributed by atoms with van der Waals surface area (Å²) in [5.74, 6) is -1.56. The summed E-state index contributed by atoms with van der Waals surface area (Å²) in [6.07, 6.45) is 0.943. The molecular formula is C26H24ClFN4O5. The first kappa shape index (κ1) is 27.2. The maximum Gasteiger partial charge on any atom is 0.262 e. The minimum Gasteiger partial charge on any atom is -0.490 e. The van der Waals surface area contributed by atoms with Crippen LogP contribution in [0.4, 0.5) is 15.8 Å². The van der Waals surface area contributed by atoms with Gasteiger partial charge in [-0.05, 0) is 67.1 Å². The molecule has 0 bridgehead atoms. The molecule has 9 nitrogen and oxygen atoms in total. The SMILES string of the molecule is CCOc1cc(C=NNC(=O)CC(=O)Nc2ccc(Cl)cc2)ccc1OCC(=O)Nc1ccccc1F. The Kier molecular flexibility index (Phi) is 9.98. The summed E-state index contributed by atoms with van der Waals surface area (Å²) in [6.45, 7) is 1.75. The normalized spacial score (nSPS) is 10.6. The van der Waals surface area contributed by atoms with E-state index in [1.807, 2.05) is 0 Å². The van der Waals surface area contributed by atoms with E-state index in [-0.39, 0.29) is 12.3 Å². The number of para-hydroxylation sites is 1. The molecule has 192 valence electrons. The molecule has 0 saturated carbocycles. The molecule has 0 aliphatic carbocycles. The predicted molar refractivity (Wildman–Crippen MR) is 139 cm³/mol. The van der Waals surface area contributed by atoms with E-state index in [9.17, 15) is 18.8 Å². The third-order valence-electron chi connectivity index (χ3n) is 4.63. The van der Waals surface area contributed by atoms with Gasteiger partial charge in [-0.25, -0.2) is 9.82 Å². The molecule has 11 heteroatoms. The van der Waals surface area contributed by atoms with Gasteiger partial charge < -0.3 is 20.1 Å². The van der Waals surface area contributed by atoms with Gasteiger partial charge in [0.2, 0.25) is 11.8 Å². The smallest absolute Gasteiger partial charge is 0.262 e. The van der Waals surface area contributed by atoms with Crippen LogP contribution in [0.25, 0.3) is 0 Å². The molecule has 3 N–H and O–H groups in total. The van der Waals surface area contributed by atoms with Crippen molar-refractivity contribution in [3.8, 4) is 11.5 Å². The quantitative estimate of drug-likeness (QED) is 0.195. The molecule has 0 aromatic heterocycles. The van der Waals surface area contributed by atoms with Gasteiger partial charge in [-0.15, -0.1) is 0 Å². The molecule has 3 aromatic carbocycles. The highest BCUT2D eigenvalue weighted by Gasteiger charge is 2.12. The number of halogens is 2. The number of nitrogens with one attached hydrogen (secondary N) is 3. The molecule has 0 unspecified atom stereocenters. The number of nitrogens with zero attached hydrogens (tertiary/aromatic N) is 1. The zero-order chi connectivity index (χ0) is 26.6. The molecule has 0 heterocycles. The van der Waals surface area contributed by atoms with E-state index in [4.69, 9.17) is 21.1 Å². The van der Waals surface area contributed by atoms with Crippen LogP contribution >= 0.6 is 11.6 Å². The second-order valence-corrected chi connectivity index (χ2v) is 7.92. The van der Waals surface area contributed by atoms with Gasteiger partial charge in [0.25, 0.3) is 5.91 Å². The number of hydrogen-bond donors (Lipinski definition) is 3. The molecule has 0 aliphatic heterocycles. The number of anilines is 2. The van der Waals surface area contributed by atoms with Crippen molar-refractivity contribution in [3.63, 3.8) is 0 Å². The first-order valence-corrected chi connectivity index (χ1v) is 11.5. The van der Waals surface area contributed by atoms with E-state index in [2.05, 4.69) is 21.2 Å². The van der Waals surface area contributed by atoms with Gasteiger partial charge in [-0.2, -0.15) is 5.10 Å². The number of carbonyl (C=O) groups is 3. The van der Waals surface area contributed by atoms with Gasteiger partial charge in [-0.3, -0.25) is 14.4 Å². The molecule has 3 rings (SSSR count). The van der Waals surface area contributed by atoms with Gasteiger partial charge in [0.15, 0.2) is 18.1 Å². The molecule has 3 amide bonds. The van der Waals surface area contributed by atoms with Crippen molar-refractivity contribution in [2.45, 2.75) is 13.3 Å². The van der Waals surface area contributed by atoms with Crippen LogP contribution in [0.2, 0.25) is 5.02 Å². The second-order valence-electron chi connectivity index (χ2n) is 7.48. The Balaban J connectivity index is 1.51. The summed E-state index contributed by atoms with van der Waals surface area (Å²) in [6, 6.07) is 17.1. The number of hydrogen-bond acceptors (Lipinski definition) is 6. The van der Waals surface area contributed by atoms with Gasteiger partial charge in [0.1, 0.15) is 12.2 Å². The van der Waals surface area contributed by atoms with Crippen LogP contribution in [0.1, 0.15) is 18.9 Å². The monoisotopic (exact) mass is 526 g/mol. The molecule has 0 saturated heterocycles. The zero-order valence-corrected chi connectivity index (χ0v) is 20.5. The molecule has 0 atom stereocenters. The summed E-state index contributed by atoms with van der Waals surface area (Å²) in [5.41, 5.74) is 3.42. The van der Waals surface area contributed by atoms with Gasteiger partial charge in [0.05, 0.1) is 18.5 Å².